The van der Waals surface area contributed by atoms with Crippen molar-refractivity contribution in [1.82, 2.24) is 25.0 Å². The first-order chi connectivity index (χ1) is 19.9. The summed E-state index contributed by atoms with van der Waals surface area (Å²) < 4.78 is 6.88. The van der Waals surface area contributed by atoms with E-state index in [1.807, 2.05) is 42.5 Å². The molecule has 11 nitrogen and oxygen atoms in total. The highest BCUT2D eigenvalue weighted by atomic mass is 16.5. The Morgan fingerprint density at radius 1 is 1.10 bits per heavy atom. The number of aromatic nitrogens is 2. The summed E-state index contributed by atoms with van der Waals surface area (Å²) in [6, 6.07) is 15.5. The Bertz CT molecular complexity index is 1330. The van der Waals surface area contributed by atoms with Gasteiger partial charge >= 0.3 is 7.05 Å². The van der Waals surface area contributed by atoms with Gasteiger partial charge in [0.1, 0.15) is 17.8 Å². The predicted octanol–water partition coefficient (Wildman–Crippen LogP) is 2.49. The van der Waals surface area contributed by atoms with Gasteiger partial charge in [-0.3, -0.25) is 14.4 Å². The van der Waals surface area contributed by atoms with Gasteiger partial charge in [-0.05, 0) is 63.2 Å². The van der Waals surface area contributed by atoms with E-state index in [1.165, 1.54) is 18.1 Å². The van der Waals surface area contributed by atoms with E-state index in [0.717, 1.165) is 17.5 Å². The molecule has 0 aliphatic rings. The number of imidazole rings is 1. The molecule has 1 unspecified atom stereocenters. The number of ether oxygens (including phenoxy) is 1. The minimum absolute atomic E-state index is 0.172. The van der Waals surface area contributed by atoms with Crippen LogP contribution in [0, 0.1) is 0 Å². The molecule has 2 atom stereocenters. The third kappa shape index (κ3) is 8.92. The van der Waals surface area contributed by atoms with Gasteiger partial charge in [-0.1, -0.05) is 42.5 Å². The number of carbonyl (C=O) groups is 3. The Balaban J connectivity index is 1.79. The molecular formula is C30H41BN6O5. The first-order valence-electron chi connectivity index (χ1n) is 13.9. The molecule has 1 heterocycles. The minimum atomic E-state index is -1.12. The van der Waals surface area contributed by atoms with Crippen molar-refractivity contribution in [1.29, 1.82) is 0 Å². The van der Waals surface area contributed by atoms with Crippen LogP contribution in [0.3, 0.4) is 0 Å². The number of anilines is 1. The van der Waals surface area contributed by atoms with Gasteiger partial charge in [-0.15, -0.1) is 0 Å². The number of nitrogens with one attached hydrogen (secondary N) is 3. The average Bonchev–Trinajstić information content (AvgIpc) is 3.40. The Hall–Kier alpha value is -4.16. The zero-order valence-corrected chi connectivity index (χ0v) is 25.1. The molecule has 1 aromatic heterocycles. The van der Waals surface area contributed by atoms with Crippen LogP contribution >= 0.6 is 0 Å². The molecule has 4 N–H and O–H groups in total. The summed E-state index contributed by atoms with van der Waals surface area (Å²) in [5.74, 6) is -0.122. The maximum Gasteiger partial charge on any atom is 0.374 e. The van der Waals surface area contributed by atoms with Gasteiger partial charge < -0.3 is 35.1 Å². The van der Waals surface area contributed by atoms with Crippen molar-refractivity contribution < 1.29 is 24.1 Å². The van der Waals surface area contributed by atoms with Crippen LogP contribution in [0.25, 0.3) is 0 Å². The summed E-state index contributed by atoms with van der Waals surface area (Å²) in [6.45, 7) is 4.79. The molecule has 42 heavy (non-hydrogen) atoms. The molecule has 3 rings (SSSR count). The second kappa shape index (κ2) is 14.7. The molecule has 0 saturated carbocycles. The maximum atomic E-state index is 13.5. The number of likely N-dealkylation sites (N-methyl/N-ethyl adjacent to an activating group) is 1. The van der Waals surface area contributed by atoms with E-state index in [0.29, 0.717) is 18.6 Å². The smallest absolute Gasteiger partial charge is 0.374 e. The fourth-order valence-electron chi connectivity index (χ4n) is 4.58. The van der Waals surface area contributed by atoms with Crippen molar-refractivity contribution >= 4 is 30.6 Å². The SMILES string of the molecule is COc1ccc(C(C(=O)N(C)C)n2cnc(NC(=O)[C@@H](CCCc3ccccc3)NC(=O)C(C)(C)NB(C)O)c2)cc1. The van der Waals surface area contributed by atoms with Gasteiger partial charge in [0, 0.05) is 20.3 Å². The number of hydrogen-bond donors (Lipinski definition) is 4. The summed E-state index contributed by atoms with van der Waals surface area (Å²) >= 11 is 0. The third-order valence-electron chi connectivity index (χ3n) is 6.82. The van der Waals surface area contributed by atoms with Gasteiger partial charge in [0.2, 0.25) is 17.7 Å². The van der Waals surface area contributed by atoms with Crippen molar-refractivity contribution in [2.75, 3.05) is 26.5 Å². The summed E-state index contributed by atoms with van der Waals surface area (Å²) in [7, 11) is 4.01. The van der Waals surface area contributed by atoms with E-state index in [4.69, 9.17) is 4.74 Å². The fourth-order valence-corrected chi connectivity index (χ4v) is 4.58. The Morgan fingerprint density at radius 2 is 1.76 bits per heavy atom. The average molecular weight is 577 g/mol. The lowest BCUT2D eigenvalue weighted by molar-refractivity contribution is -0.131. The van der Waals surface area contributed by atoms with Gasteiger partial charge in [0.15, 0.2) is 5.82 Å². The van der Waals surface area contributed by atoms with Gasteiger partial charge in [-0.25, -0.2) is 4.98 Å². The van der Waals surface area contributed by atoms with Crippen molar-refractivity contribution in [3.63, 3.8) is 0 Å². The Labute approximate surface area is 247 Å². The lowest BCUT2D eigenvalue weighted by Gasteiger charge is -2.28. The van der Waals surface area contributed by atoms with Gasteiger partial charge in [0.25, 0.3) is 0 Å². The fraction of sp³-hybridized carbons (Fsp3) is 0.400. The van der Waals surface area contributed by atoms with Crippen LogP contribution in [0.15, 0.2) is 67.1 Å². The van der Waals surface area contributed by atoms with Crippen LogP contribution in [0.5, 0.6) is 5.75 Å². The first kappa shape index (κ1) is 32.4. The zero-order chi connectivity index (χ0) is 30.9. The largest absolute Gasteiger partial charge is 0.497 e. The topological polar surface area (TPSA) is 138 Å². The molecular weight excluding hydrogens is 535 g/mol. The maximum absolute atomic E-state index is 13.5. The number of methoxy groups -OCH3 is 1. The number of amides is 3. The van der Waals surface area contributed by atoms with Crippen LogP contribution in [0.1, 0.15) is 43.9 Å². The molecule has 0 saturated heterocycles. The molecule has 3 aromatic rings. The van der Waals surface area contributed by atoms with E-state index < -0.39 is 36.5 Å². The van der Waals surface area contributed by atoms with E-state index in [9.17, 15) is 19.4 Å². The van der Waals surface area contributed by atoms with Crippen molar-refractivity contribution in [3.8, 4) is 5.75 Å². The van der Waals surface area contributed by atoms with Crippen LogP contribution in [-0.2, 0) is 20.8 Å². The highest BCUT2D eigenvalue weighted by Gasteiger charge is 2.33. The molecule has 224 valence electrons. The third-order valence-corrected chi connectivity index (χ3v) is 6.82. The standard InChI is InChI=1S/C30H41BN6O5/c1-30(2,35-31(3)41)29(40)33-24(14-10-13-21-11-8-7-9-12-21)27(38)34-25-19-37(20-32-25)26(28(39)36(4)5)22-15-17-23(42-6)18-16-22/h7-9,11-12,15-20,24,26,35,41H,10,13-14H2,1-6H3,(H,33,40)(H,34,38)/t24-,26?/m1/s1. The number of nitrogens with zero attached hydrogens (tertiary/aromatic N) is 3. The predicted molar refractivity (Wildman–Crippen MR) is 163 cm³/mol. The number of aryl methyl sites for hydroxylation is 1. The van der Waals surface area contributed by atoms with E-state index in [-0.39, 0.29) is 11.7 Å². The lowest BCUT2D eigenvalue weighted by Crippen LogP contribution is -2.60. The molecule has 0 bridgehead atoms. The number of rotatable bonds is 14. The number of benzene rings is 2. The van der Waals surface area contributed by atoms with E-state index >= 15 is 0 Å². The van der Waals surface area contributed by atoms with E-state index in [1.54, 1.807) is 57.9 Å². The molecule has 2 aromatic carbocycles. The Kier molecular flexibility index (Phi) is 11.3. The summed E-state index contributed by atoms with van der Waals surface area (Å²) in [6.07, 6.45) is 4.85. The Morgan fingerprint density at radius 3 is 2.36 bits per heavy atom. The van der Waals surface area contributed by atoms with Crippen molar-refractivity contribution in [2.45, 2.75) is 57.6 Å². The van der Waals surface area contributed by atoms with Gasteiger partial charge in [0.05, 0.1) is 19.0 Å². The van der Waals surface area contributed by atoms with Crippen LogP contribution < -0.4 is 20.6 Å². The molecule has 0 fully saturated rings. The summed E-state index contributed by atoms with van der Waals surface area (Å²) in [4.78, 5) is 45.5. The molecule has 0 spiro atoms. The van der Waals surface area contributed by atoms with Crippen LogP contribution in [0.2, 0.25) is 6.82 Å². The summed E-state index contributed by atoms with van der Waals surface area (Å²) in [5, 5.41) is 18.2. The number of hydrogen-bond acceptors (Lipinski definition) is 7. The van der Waals surface area contributed by atoms with Crippen LogP contribution in [0.4, 0.5) is 5.82 Å². The second-order valence-electron chi connectivity index (χ2n) is 11.0. The summed E-state index contributed by atoms with van der Waals surface area (Å²) in [5.41, 5.74) is 0.739. The molecule has 12 heteroatoms. The highest BCUT2D eigenvalue weighted by Crippen LogP contribution is 2.24. The van der Waals surface area contributed by atoms with E-state index in [2.05, 4.69) is 20.8 Å². The normalized spacial score (nSPS) is 12.6. The zero-order valence-electron chi connectivity index (χ0n) is 25.1. The molecule has 3 amide bonds. The van der Waals surface area contributed by atoms with Crippen molar-refractivity contribution in [3.05, 3.63) is 78.2 Å². The van der Waals surface area contributed by atoms with Crippen molar-refractivity contribution in [2.24, 2.45) is 0 Å². The first-order valence-corrected chi connectivity index (χ1v) is 13.9. The highest BCUT2D eigenvalue weighted by molar-refractivity contribution is 6.46. The lowest BCUT2D eigenvalue weighted by atomic mass is 9.83. The van der Waals surface area contributed by atoms with Crippen LogP contribution in [-0.4, -0.2) is 77.0 Å². The minimum Gasteiger partial charge on any atom is -0.497 e. The molecule has 0 radical (unpaired) electrons. The second-order valence-corrected chi connectivity index (χ2v) is 11.0. The van der Waals surface area contributed by atoms with Gasteiger partial charge in [-0.2, -0.15) is 0 Å². The molecule has 0 aliphatic heterocycles. The molecule has 0 aliphatic carbocycles. The quantitative estimate of drug-likeness (QED) is 0.217. The monoisotopic (exact) mass is 576 g/mol. The number of carbonyl (C=O) groups excluding carboxylic acids is 3.